The Morgan fingerprint density at radius 1 is 1.50 bits per heavy atom. The summed E-state index contributed by atoms with van der Waals surface area (Å²) in [7, 11) is 5.35. The van der Waals surface area contributed by atoms with Gasteiger partial charge in [0.2, 0.25) is 0 Å². The maximum absolute atomic E-state index is 9.46. The van der Waals surface area contributed by atoms with Gasteiger partial charge in [0.15, 0.2) is 0 Å². The molecule has 0 spiro atoms. The summed E-state index contributed by atoms with van der Waals surface area (Å²) < 4.78 is 5.10. The molecular weight excluding hydrogens is 159 g/mol. The molecule has 1 rings (SSSR count). The van der Waals surface area contributed by atoms with E-state index < -0.39 is 23.8 Å². The van der Waals surface area contributed by atoms with Gasteiger partial charge in [0, 0.05) is 6.00 Å². The van der Waals surface area contributed by atoms with Crippen LogP contribution in [0.2, 0.25) is 0 Å². The van der Waals surface area contributed by atoms with Gasteiger partial charge in [-0.25, -0.2) is 0 Å². The molecule has 3 N–H and O–H groups in total. The summed E-state index contributed by atoms with van der Waals surface area (Å²) in [5.41, 5.74) is -1.08. The summed E-state index contributed by atoms with van der Waals surface area (Å²) in [4.78, 5) is 0. The summed E-state index contributed by atoms with van der Waals surface area (Å²) in [6, 6.07) is -0.910. The van der Waals surface area contributed by atoms with E-state index in [2.05, 4.69) is 0 Å². The molecule has 0 aliphatic carbocycles. The Labute approximate surface area is 72.6 Å². The average Bonchev–Trinajstić information content (AvgIpc) is 2.30. The van der Waals surface area contributed by atoms with Gasteiger partial charge in [-0.05, 0) is 6.42 Å². The average molecular weight is 172 g/mol. The number of rotatable bonds is 2. The third kappa shape index (κ3) is 1.27. The number of aliphatic hydroxyl groups is 3. The number of ether oxygens (including phenoxy) is 1. The zero-order chi connectivity index (χ0) is 9.35. The van der Waals surface area contributed by atoms with Crippen molar-refractivity contribution in [2.75, 3.05) is 6.61 Å². The molecule has 2 radical (unpaired) electrons. The van der Waals surface area contributed by atoms with Crippen molar-refractivity contribution in [2.45, 2.75) is 37.2 Å². The van der Waals surface area contributed by atoms with Crippen LogP contribution in [0.3, 0.4) is 0 Å². The van der Waals surface area contributed by atoms with E-state index in [0.717, 1.165) is 0 Å². The smallest absolute Gasteiger partial charge is 0.119 e. The van der Waals surface area contributed by atoms with Crippen molar-refractivity contribution in [2.24, 2.45) is 0 Å². The SMILES string of the molecule is [B][C@@H]1O[C@@](CC)(CO)C(O)[C@@H]1O. The van der Waals surface area contributed by atoms with E-state index in [1.54, 1.807) is 6.92 Å². The molecule has 12 heavy (non-hydrogen) atoms. The molecule has 0 amide bonds. The third-order valence-corrected chi connectivity index (χ3v) is 2.44. The highest BCUT2D eigenvalue weighted by Gasteiger charge is 2.50. The molecule has 4 nitrogen and oxygen atoms in total. The second-order valence-corrected chi connectivity index (χ2v) is 3.09. The lowest BCUT2D eigenvalue weighted by molar-refractivity contribution is -0.101. The Kier molecular flexibility index (Phi) is 2.78. The first-order valence-electron chi connectivity index (χ1n) is 3.98. The normalized spacial score (nSPS) is 48.2. The molecule has 1 saturated heterocycles. The number of hydrogen-bond acceptors (Lipinski definition) is 4. The van der Waals surface area contributed by atoms with Gasteiger partial charge < -0.3 is 20.1 Å². The Balaban J connectivity index is 2.79. The van der Waals surface area contributed by atoms with Gasteiger partial charge in [-0.3, -0.25) is 0 Å². The molecule has 0 bridgehead atoms. The standard InChI is InChI=1S/C7H13BO4/c1-2-7(3-9)5(11)4(10)6(8)12-7/h4-6,9-11H,2-3H2,1H3/t4-,5?,6+,7-/m0/s1. The van der Waals surface area contributed by atoms with Crippen LogP contribution in [-0.4, -0.2) is 53.6 Å². The molecule has 0 aromatic heterocycles. The summed E-state index contributed by atoms with van der Waals surface area (Å²) >= 11 is 0. The van der Waals surface area contributed by atoms with E-state index in [9.17, 15) is 10.2 Å². The van der Waals surface area contributed by atoms with Crippen LogP contribution < -0.4 is 0 Å². The molecule has 5 heteroatoms. The van der Waals surface area contributed by atoms with E-state index >= 15 is 0 Å². The van der Waals surface area contributed by atoms with E-state index in [0.29, 0.717) is 6.42 Å². The fourth-order valence-corrected chi connectivity index (χ4v) is 1.44. The molecule has 1 aliphatic heterocycles. The first-order valence-corrected chi connectivity index (χ1v) is 3.98. The van der Waals surface area contributed by atoms with Crippen molar-refractivity contribution in [3.05, 3.63) is 0 Å². The zero-order valence-corrected chi connectivity index (χ0v) is 6.97. The summed E-state index contributed by atoms with van der Waals surface area (Å²) in [6.45, 7) is 1.42. The van der Waals surface area contributed by atoms with Crippen molar-refractivity contribution in [1.29, 1.82) is 0 Å². The van der Waals surface area contributed by atoms with Gasteiger partial charge >= 0.3 is 0 Å². The predicted octanol–water partition coefficient (Wildman–Crippen LogP) is -1.63. The number of aliphatic hydroxyl groups excluding tert-OH is 3. The van der Waals surface area contributed by atoms with Crippen LogP contribution in [0, 0.1) is 0 Å². The fraction of sp³-hybridized carbons (Fsp3) is 1.00. The first kappa shape index (κ1) is 9.99. The highest BCUT2D eigenvalue weighted by atomic mass is 16.6. The van der Waals surface area contributed by atoms with Crippen molar-refractivity contribution >= 4 is 7.85 Å². The molecule has 0 saturated carbocycles. The van der Waals surface area contributed by atoms with E-state index in [4.69, 9.17) is 17.7 Å². The van der Waals surface area contributed by atoms with Crippen molar-refractivity contribution in [3.63, 3.8) is 0 Å². The van der Waals surface area contributed by atoms with Crippen LogP contribution in [0.25, 0.3) is 0 Å². The van der Waals surface area contributed by atoms with Crippen molar-refractivity contribution < 1.29 is 20.1 Å². The molecule has 0 aromatic carbocycles. The van der Waals surface area contributed by atoms with Crippen LogP contribution >= 0.6 is 0 Å². The van der Waals surface area contributed by atoms with Gasteiger partial charge in [0.25, 0.3) is 0 Å². The second kappa shape index (κ2) is 3.34. The minimum atomic E-state index is -1.11. The lowest BCUT2D eigenvalue weighted by atomic mass is 9.88. The molecule has 1 unspecified atom stereocenters. The minimum Gasteiger partial charge on any atom is -0.393 e. The Morgan fingerprint density at radius 2 is 2.08 bits per heavy atom. The van der Waals surface area contributed by atoms with Gasteiger partial charge in [-0.1, -0.05) is 6.92 Å². The molecule has 1 fully saturated rings. The summed E-state index contributed by atoms with van der Waals surface area (Å²) in [5.74, 6) is 0. The number of hydrogen-bond donors (Lipinski definition) is 3. The second-order valence-electron chi connectivity index (χ2n) is 3.09. The van der Waals surface area contributed by atoms with Gasteiger partial charge in [-0.2, -0.15) is 0 Å². The highest BCUT2D eigenvalue weighted by molar-refractivity contribution is 6.11. The van der Waals surface area contributed by atoms with Crippen molar-refractivity contribution in [3.8, 4) is 0 Å². The van der Waals surface area contributed by atoms with Gasteiger partial charge in [0.05, 0.1) is 6.61 Å². The fourth-order valence-electron chi connectivity index (χ4n) is 1.44. The first-order chi connectivity index (χ1) is 5.57. The topological polar surface area (TPSA) is 69.9 Å². The van der Waals surface area contributed by atoms with Gasteiger partial charge in [-0.15, -0.1) is 0 Å². The van der Waals surface area contributed by atoms with Crippen LogP contribution in [-0.2, 0) is 4.74 Å². The Morgan fingerprint density at radius 3 is 2.25 bits per heavy atom. The maximum atomic E-state index is 9.46. The van der Waals surface area contributed by atoms with Gasteiger partial charge in [0.1, 0.15) is 25.7 Å². The Bertz CT molecular complexity index is 159. The summed E-state index contributed by atoms with van der Waals surface area (Å²) in [6.07, 6.45) is -1.81. The van der Waals surface area contributed by atoms with E-state index in [1.165, 1.54) is 0 Å². The molecule has 68 valence electrons. The minimum absolute atomic E-state index is 0.338. The largest absolute Gasteiger partial charge is 0.393 e. The molecular formula is C7H13BO4. The molecule has 0 aromatic rings. The molecule has 4 atom stereocenters. The maximum Gasteiger partial charge on any atom is 0.119 e. The van der Waals surface area contributed by atoms with E-state index in [-0.39, 0.29) is 6.61 Å². The molecule has 1 heterocycles. The Hall–Kier alpha value is -0.0951. The van der Waals surface area contributed by atoms with Crippen LogP contribution in [0.4, 0.5) is 0 Å². The van der Waals surface area contributed by atoms with Crippen LogP contribution in [0.15, 0.2) is 0 Å². The molecule has 1 aliphatic rings. The lowest BCUT2D eigenvalue weighted by Gasteiger charge is -2.28. The monoisotopic (exact) mass is 172 g/mol. The van der Waals surface area contributed by atoms with E-state index in [1.807, 2.05) is 0 Å². The third-order valence-electron chi connectivity index (χ3n) is 2.44. The summed E-state index contributed by atoms with van der Waals surface area (Å²) in [5, 5.41) is 27.7. The zero-order valence-electron chi connectivity index (χ0n) is 6.97. The quantitative estimate of drug-likeness (QED) is 0.437. The van der Waals surface area contributed by atoms with Crippen molar-refractivity contribution in [1.82, 2.24) is 0 Å². The predicted molar refractivity (Wildman–Crippen MR) is 42.7 cm³/mol. The van der Waals surface area contributed by atoms with Crippen LogP contribution in [0.5, 0.6) is 0 Å². The lowest BCUT2D eigenvalue weighted by Crippen LogP contribution is -2.45. The highest BCUT2D eigenvalue weighted by Crippen LogP contribution is 2.32. The van der Waals surface area contributed by atoms with Crippen LogP contribution in [0.1, 0.15) is 13.3 Å².